The van der Waals surface area contributed by atoms with Gasteiger partial charge in [0.2, 0.25) is 5.89 Å². The lowest BCUT2D eigenvalue weighted by Crippen LogP contribution is -2.28. The van der Waals surface area contributed by atoms with Crippen LogP contribution in [0.2, 0.25) is 0 Å². The summed E-state index contributed by atoms with van der Waals surface area (Å²) in [6.45, 7) is 0.776. The lowest BCUT2D eigenvalue weighted by molar-refractivity contribution is 0.0947. The van der Waals surface area contributed by atoms with Crippen LogP contribution in [-0.4, -0.2) is 24.0 Å². The van der Waals surface area contributed by atoms with Crippen LogP contribution in [0.15, 0.2) is 95.5 Å². The van der Waals surface area contributed by atoms with E-state index in [4.69, 9.17) is 9.15 Å². The van der Waals surface area contributed by atoms with Gasteiger partial charge in [-0.3, -0.25) is 4.79 Å². The molecule has 0 aliphatic carbocycles. The minimum Gasteiger partial charge on any atom is -0.492 e. The first kappa shape index (κ1) is 18.5. The number of benzene rings is 3. The predicted molar refractivity (Wildman–Crippen MR) is 112 cm³/mol. The Balaban J connectivity index is 1.44. The SMILES string of the molecule is O=C(NCCOc1ccccc1)c1ccccc1-c1ncc(-c2ccccc2)o1. The average Bonchev–Trinajstić information content (AvgIpc) is 3.28. The summed E-state index contributed by atoms with van der Waals surface area (Å²) in [5.74, 6) is 1.65. The van der Waals surface area contributed by atoms with Gasteiger partial charge in [0.05, 0.1) is 18.3 Å². The van der Waals surface area contributed by atoms with Crippen LogP contribution < -0.4 is 10.1 Å². The van der Waals surface area contributed by atoms with Gasteiger partial charge >= 0.3 is 0 Å². The molecule has 4 rings (SSSR count). The van der Waals surface area contributed by atoms with Gasteiger partial charge in [-0.2, -0.15) is 0 Å². The second-order valence-corrected chi connectivity index (χ2v) is 6.36. The number of amides is 1. The van der Waals surface area contributed by atoms with Crippen molar-refractivity contribution in [1.29, 1.82) is 0 Å². The number of carbonyl (C=O) groups is 1. The smallest absolute Gasteiger partial charge is 0.252 e. The molecule has 1 N–H and O–H groups in total. The highest BCUT2D eigenvalue weighted by Gasteiger charge is 2.16. The Hall–Kier alpha value is -3.86. The molecule has 0 aliphatic heterocycles. The topological polar surface area (TPSA) is 64.4 Å². The average molecular weight is 384 g/mol. The second-order valence-electron chi connectivity index (χ2n) is 6.36. The first-order valence-corrected chi connectivity index (χ1v) is 9.38. The lowest BCUT2D eigenvalue weighted by Gasteiger charge is -2.09. The number of rotatable bonds is 7. The molecule has 0 fully saturated rings. The molecule has 0 radical (unpaired) electrons. The first-order valence-electron chi connectivity index (χ1n) is 9.38. The zero-order chi connectivity index (χ0) is 19.9. The van der Waals surface area contributed by atoms with E-state index in [-0.39, 0.29) is 5.91 Å². The summed E-state index contributed by atoms with van der Waals surface area (Å²) in [4.78, 5) is 17.1. The molecule has 1 aromatic heterocycles. The number of nitrogens with one attached hydrogen (secondary N) is 1. The Morgan fingerprint density at radius 1 is 0.897 bits per heavy atom. The highest BCUT2D eigenvalue weighted by Crippen LogP contribution is 2.28. The molecule has 0 atom stereocenters. The van der Waals surface area contributed by atoms with Crippen LogP contribution in [0.5, 0.6) is 5.75 Å². The van der Waals surface area contributed by atoms with Gasteiger partial charge < -0.3 is 14.5 Å². The fourth-order valence-electron chi connectivity index (χ4n) is 2.95. The van der Waals surface area contributed by atoms with Crippen molar-refractivity contribution in [3.05, 3.63) is 96.7 Å². The molecule has 0 bridgehead atoms. The lowest BCUT2D eigenvalue weighted by atomic mass is 10.1. The van der Waals surface area contributed by atoms with Gasteiger partial charge in [0.1, 0.15) is 12.4 Å². The van der Waals surface area contributed by atoms with E-state index in [1.54, 1.807) is 12.3 Å². The van der Waals surface area contributed by atoms with E-state index in [9.17, 15) is 4.79 Å². The van der Waals surface area contributed by atoms with Crippen molar-refractivity contribution < 1.29 is 13.9 Å². The van der Waals surface area contributed by atoms with E-state index in [1.165, 1.54) is 0 Å². The van der Waals surface area contributed by atoms with E-state index in [0.29, 0.717) is 35.9 Å². The molecule has 5 heteroatoms. The molecular weight excluding hydrogens is 364 g/mol. The van der Waals surface area contributed by atoms with E-state index < -0.39 is 0 Å². The van der Waals surface area contributed by atoms with Crippen molar-refractivity contribution in [3.63, 3.8) is 0 Å². The Bertz CT molecular complexity index is 1080. The molecule has 1 amide bonds. The van der Waals surface area contributed by atoms with Crippen molar-refractivity contribution in [2.24, 2.45) is 0 Å². The minimum absolute atomic E-state index is 0.197. The van der Waals surface area contributed by atoms with Gasteiger partial charge in [-0.1, -0.05) is 60.7 Å². The Morgan fingerprint density at radius 2 is 1.59 bits per heavy atom. The van der Waals surface area contributed by atoms with Gasteiger partial charge in [-0.25, -0.2) is 4.98 Å². The number of para-hydroxylation sites is 1. The normalized spacial score (nSPS) is 10.5. The fraction of sp³-hybridized carbons (Fsp3) is 0.0833. The van der Waals surface area contributed by atoms with Crippen LogP contribution in [0.25, 0.3) is 22.8 Å². The molecule has 0 unspecified atom stereocenters. The molecule has 3 aromatic carbocycles. The zero-order valence-corrected chi connectivity index (χ0v) is 15.7. The number of aromatic nitrogens is 1. The van der Waals surface area contributed by atoms with Gasteiger partial charge in [0.15, 0.2) is 5.76 Å². The number of oxazole rings is 1. The van der Waals surface area contributed by atoms with Gasteiger partial charge in [0.25, 0.3) is 5.91 Å². The molecule has 144 valence electrons. The van der Waals surface area contributed by atoms with Gasteiger partial charge in [-0.05, 0) is 24.3 Å². The monoisotopic (exact) mass is 384 g/mol. The van der Waals surface area contributed by atoms with Crippen molar-refractivity contribution in [3.8, 4) is 28.5 Å². The zero-order valence-electron chi connectivity index (χ0n) is 15.7. The molecule has 1 heterocycles. The molecule has 0 spiro atoms. The maximum atomic E-state index is 12.7. The maximum absolute atomic E-state index is 12.7. The van der Waals surface area contributed by atoms with Gasteiger partial charge in [0, 0.05) is 11.1 Å². The molecule has 4 aromatic rings. The third kappa shape index (κ3) is 4.52. The van der Waals surface area contributed by atoms with E-state index >= 15 is 0 Å². The molecule has 29 heavy (non-hydrogen) atoms. The summed E-state index contributed by atoms with van der Waals surface area (Å²) in [6, 6.07) is 26.5. The second kappa shape index (κ2) is 8.89. The minimum atomic E-state index is -0.197. The van der Waals surface area contributed by atoms with E-state index in [1.807, 2.05) is 78.9 Å². The summed E-state index contributed by atoms with van der Waals surface area (Å²) in [6.07, 6.45) is 1.67. The fourth-order valence-corrected chi connectivity index (χ4v) is 2.95. The van der Waals surface area contributed by atoms with Crippen LogP contribution in [-0.2, 0) is 0 Å². The van der Waals surface area contributed by atoms with Crippen molar-refractivity contribution in [1.82, 2.24) is 10.3 Å². The number of ether oxygens (including phenoxy) is 1. The standard InChI is InChI=1S/C24H20N2O3/c27-23(25-15-16-28-19-11-5-2-6-12-19)20-13-7-8-14-21(20)24-26-17-22(29-24)18-9-3-1-4-10-18/h1-14,17H,15-16H2,(H,25,27). The maximum Gasteiger partial charge on any atom is 0.252 e. The van der Waals surface area contributed by atoms with Crippen LogP contribution in [0.3, 0.4) is 0 Å². The number of hydrogen-bond donors (Lipinski definition) is 1. The van der Waals surface area contributed by atoms with Gasteiger partial charge in [-0.15, -0.1) is 0 Å². The molecule has 5 nitrogen and oxygen atoms in total. The molecule has 0 aliphatic rings. The highest BCUT2D eigenvalue weighted by atomic mass is 16.5. The Kier molecular flexibility index (Phi) is 5.67. The predicted octanol–water partition coefficient (Wildman–Crippen LogP) is 4.82. The van der Waals surface area contributed by atoms with Crippen LogP contribution in [0.1, 0.15) is 10.4 Å². The van der Waals surface area contributed by atoms with Crippen molar-refractivity contribution in [2.45, 2.75) is 0 Å². The van der Waals surface area contributed by atoms with E-state index in [2.05, 4.69) is 10.3 Å². The third-order valence-corrected chi connectivity index (χ3v) is 4.37. The van der Waals surface area contributed by atoms with Crippen LogP contribution in [0, 0.1) is 0 Å². The molecule has 0 saturated heterocycles. The highest BCUT2D eigenvalue weighted by molar-refractivity contribution is 6.00. The number of hydrogen-bond acceptors (Lipinski definition) is 4. The molecular formula is C24H20N2O3. The number of carbonyl (C=O) groups excluding carboxylic acids is 1. The summed E-state index contributed by atoms with van der Waals surface area (Å²) >= 11 is 0. The Morgan fingerprint density at radius 3 is 2.38 bits per heavy atom. The summed E-state index contributed by atoms with van der Waals surface area (Å²) in [5, 5.41) is 2.88. The largest absolute Gasteiger partial charge is 0.492 e. The van der Waals surface area contributed by atoms with E-state index in [0.717, 1.165) is 11.3 Å². The number of nitrogens with zero attached hydrogens (tertiary/aromatic N) is 1. The molecule has 0 saturated carbocycles. The third-order valence-electron chi connectivity index (χ3n) is 4.37. The quantitative estimate of drug-likeness (QED) is 0.464. The van der Waals surface area contributed by atoms with Crippen molar-refractivity contribution in [2.75, 3.05) is 13.2 Å². The van der Waals surface area contributed by atoms with Crippen LogP contribution >= 0.6 is 0 Å². The van der Waals surface area contributed by atoms with Crippen LogP contribution in [0.4, 0.5) is 0 Å². The summed E-state index contributed by atoms with van der Waals surface area (Å²) < 4.78 is 11.5. The summed E-state index contributed by atoms with van der Waals surface area (Å²) in [7, 11) is 0. The first-order chi connectivity index (χ1) is 14.3. The Labute approximate surface area is 169 Å². The summed E-state index contributed by atoms with van der Waals surface area (Å²) in [5.41, 5.74) is 2.09. The van der Waals surface area contributed by atoms with Crippen molar-refractivity contribution >= 4 is 5.91 Å².